The van der Waals surface area contributed by atoms with Crippen LogP contribution in [0.15, 0.2) is 53.8 Å². The van der Waals surface area contributed by atoms with E-state index in [1.807, 2.05) is 24.4 Å². The summed E-state index contributed by atoms with van der Waals surface area (Å²) in [6, 6.07) is 5.88. The van der Waals surface area contributed by atoms with Gasteiger partial charge in [-0.1, -0.05) is 25.6 Å². The Morgan fingerprint density at radius 2 is 2.11 bits per heavy atom. The second-order valence-electron chi connectivity index (χ2n) is 6.86. The molecule has 2 aromatic heterocycles. The molecule has 0 bridgehead atoms. The molecule has 0 aliphatic carbocycles. The monoisotopic (exact) mass is 382 g/mol. The van der Waals surface area contributed by atoms with Crippen LogP contribution in [0.3, 0.4) is 0 Å². The van der Waals surface area contributed by atoms with E-state index in [0.29, 0.717) is 22.9 Å². The van der Waals surface area contributed by atoms with Crippen molar-refractivity contribution in [2.45, 2.75) is 33.1 Å². The first kappa shape index (κ1) is 19.1. The number of nitrogens with two attached hydrogens (primary N) is 2. The Morgan fingerprint density at radius 3 is 2.74 bits per heavy atom. The quantitative estimate of drug-likeness (QED) is 0.585. The first-order chi connectivity index (χ1) is 12.9. The number of nitrogens with one attached hydrogen (secondary N) is 2. The highest BCUT2D eigenvalue weighted by molar-refractivity contribution is 8.09. The Bertz CT molecular complexity index is 945. The Morgan fingerprint density at radius 1 is 1.33 bits per heavy atom. The molecule has 0 saturated heterocycles. The third kappa shape index (κ3) is 4.36. The van der Waals surface area contributed by atoms with E-state index in [-0.39, 0.29) is 0 Å². The number of pyridine rings is 2. The van der Waals surface area contributed by atoms with Crippen molar-refractivity contribution < 1.29 is 0 Å². The molecule has 1 aliphatic heterocycles. The summed E-state index contributed by atoms with van der Waals surface area (Å²) >= 11 is 1.80. The highest BCUT2D eigenvalue weighted by Gasteiger charge is 2.19. The van der Waals surface area contributed by atoms with Gasteiger partial charge in [-0.05, 0) is 55.8 Å². The van der Waals surface area contributed by atoms with Crippen LogP contribution in [0.4, 0.5) is 5.82 Å². The lowest BCUT2D eigenvalue weighted by Crippen LogP contribution is -2.14. The summed E-state index contributed by atoms with van der Waals surface area (Å²) in [4.78, 5) is 10.4. The van der Waals surface area contributed by atoms with Crippen LogP contribution >= 0.6 is 11.8 Å². The lowest BCUT2D eigenvalue weighted by molar-refractivity contribution is 0.786. The van der Waals surface area contributed by atoms with Gasteiger partial charge in [-0.25, -0.2) is 4.98 Å². The number of nitrogens with zero attached hydrogens (tertiary/aromatic N) is 2. The SMILES string of the molecule is CC1=C(c2cnc3ccc(N/C(N)=C/C(=C\N)C(C)C)nc3c2)SC(C)N1. The molecule has 0 amide bonds. The number of hydrogen-bond donors (Lipinski definition) is 4. The third-order valence-corrected chi connectivity index (χ3v) is 5.56. The van der Waals surface area contributed by atoms with Gasteiger partial charge in [0.15, 0.2) is 0 Å². The van der Waals surface area contributed by atoms with Gasteiger partial charge in [0.25, 0.3) is 0 Å². The molecular weight excluding hydrogens is 356 g/mol. The predicted octanol–water partition coefficient (Wildman–Crippen LogP) is 3.71. The molecule has 1 aliphatic rings. The van der Waals surface area contributed by atoms with Crippen molar-refractivity contribution >= 4 is 33.5 Å². The van der Waals surface area contributed by atoms with Crippen LogP contribution in [0.25, 0.3) is 15.9 Å². The van der Waals surface area contributed by atoms with Crippen LogP contribution in [-0.4, -0.2) is 15.3 Å². The highest BCUT2D eigenvalue weighted by atomic mass is 32.2. The summed E-state index contributed by atoms with van der Waals surface area (Å²) in [5.41, 5.74) is 16.6. The maximum atomic E-state index is 6.11. The number of aromatic nitrogens is 2. The normalized spacial score (nSPS) is 18.3. The molecule has 142 valence electrons. The minimum Gasteiger partial charge on any atom is -0.404 e. The fourth-order valence-corrected chi connectivity index (χ4v) is 3.99. The molecule has 6 N–H and O–H groups in total. The summed E-state index contributed by atoms with van der Waals surface area (Å²) < 4.78 is 0. The molecule has 27 heavy (non-hydrogen) atoms. The average Bonchev–Trinajstić information content (AvgIpc) is 2.97. The number of hydrogen-bond acceptors (Lipinski definition) is 7. The minimum absolute atomic E-state index is 0.295. The lowest BCUT2D eigenvalue weighted by atomic mass is 10.0. The Labute approximate surface area is 164 Å². The van der Waals surface area contributed by atoms with E-state index in [2.05, 4.69) is 54.4 Å². The Hall–Kier alpha value is -2.67. The van der Waals surface area contributed by atoms with Gasteiger partial charge in [-0.2, -0.15) is 0 Å². The van der Waals surface area contributed by atoms with E-state index in [1.54, 1.807) is 18.0 Å². The minimum atomic E-state index is 0.295. The van der Waals surface area contributed by atoms with Crippen molar-refractivity contribution in [3.63, 3.8) is 0 Å². The van der Waals surface area contributed by atoms with Crippen LogP contribution in [0.5, 0.6) is 0 Å². The van der Waals surface area contributed by atoms with Gasteiger partial charge in [-0.15, -0.1) is 0 Å². The smallest absolute Gasteiger partial charge is 0.132 e. The van der Waals surface area contributed by atoms with Gasteiger partial charge in [0, 0.05) is 22.4 Å². The van der Waals surface area contributed by atoms with E-state index < -0.39 is 0 Å². The van der Waals surface area contributed by atoms with E-state index in [1.165, 1.54) is 10.6 Å². The van der Waals surface area contributed by atoms with E-state index in [0.717, 1.165) is 22.2 Å². The summed E-state index contributed by atoms with van der Waals surface area (Å²) in [6.07, 6.45) is 5.31. The van der Waals surface area contributed by atoms with E-state index in [9.17, 15) is 0 Å². The number of fused-ring (bicyclic) bond motifs is 1. The maximum absolute atomic E-state index is 6.11. The largest absolute Gasteiger partial charge is 0.404 e. The van der Waals surface area contributed by atoms with Crippen molar-refractivity contribution in [3.05, 3.63) is 59.3 Å². The third-order valence-electron chi connectivity index (χ3n) is 4.31. The molecule has 3 rings (SSSR count). The Balaban J connectivity index is 1.88. The molecule has 0 fully saturated rings. The number of thioether (sulfide) groups is 1. The molecular formula is C20H26N6S. The molecule has 7 heteroatoms. The van der Waals surface area contributed by atoms with Crippen molar-refractivity contribution in [2.75, 3.05) is 5.32 Å². The second-order valence-corrected chi connectivity index (χ2v) is 8.21. The topological polar surface area (TPSA) is 102 Å². The van der Waals surface area contributed by atoms with Gasteiger partial charge in [0.2, 0.25) is 0 Å². The second kappa shape index (κ2) is 7.92. The van der Waals surface area contributed by atoms with E-state index in [4.69, 9.17) is 11.5 Å². The zero-order valence-corrected chi connectivity index (χ0v) is 16.9. The van der Waals surface area contributed by atoms with Gasteiger partial charge >= 0.3 is 0 Å². The van der Waals surface area contributed by atoms with Gasteiger partial charge in [0.05, 0.1) is 16.4 Å². The lowest BCUT2D eigenvalue weighted by Gasteiger charge is -2.10. The summed E-state index contributed by atoms with van der Waals surface area (Å²) in [6.45, 7) is 8.37. The fraction of sp³-hybridized carbons (Fsp3) is 0.300. The van der Waals surface area contributed by atoms with Crippen LogP contribution in [-0.2, 0) is 0 Å². The van der Waals surface area contributed by atoms with Crippen molar-refractivity contribution in [2.24, 2.45) is 17.4 Å². The molecule has 0 saturated carbocycles. The number of rotatable bonds is 5. The fourth-order valence-electron chi connectivity index (χ4n) is 2.92. The van der Waals surface area contributed by atoms with Crippen molar-refractivity contribution in [1.29, 1.82) is 0 Å². The molecule has 3 heterocycles. The van der Waals surface area contributed by atoms with Gasteiger partial charge < -0.3 is 22.1 Å². The molecule has 1 unspecified atom stereocenters. The van der Waals surface area contributed by atoms with Crippen molar-refractivity contribution in [3.8, 4) is 0 Å². The zero-order valence-electron chi connectivity index (χ0n) is 16.1. The first-order valence-corrected chi connectivity index (χ1v) is 9.82. The van der Waals surface area contributed by atoms with E-state index >= 15 is 0 Å². The predicted molar refractivity (Wildman–Crippen MR) is 115 cm³/mol. The van der Waals surface area contributed by atoms with Crippen LogP contribution in [0.1, 0.15) is 33.3 Å². The summed E-state index contributed by atoms with van der Waals surface area (Å²) in [7, 11) is 0. The number of anilines is 1. The summed E-state index contributed by atoms with van der Waals surface area (Å²) in [5, 5.41) is 6.93. The molecule has 0 spiro atoms. The first-order valence-electron chi connectivity index (χ1n) is 8.94. The maximum Gasteiger partial charge on any atom is 0.132 e. The van der Waals surface area contributed by atoms with Crippen LogP contribution in [0.2, 0.25) is 0 Å². The molecule has 2 aromatic rings. The van der Waals surface area contributed by atoms with Crippen molar-refractivity contribution in [1.82, 2.24) is 15.3 Å². The van der Waals surface area contributed by atoms with Gasteiger partial charge in [-0.3, -0.25) is 4.98 Å². The average molecular weight is 383 g/mol. The Kier molecular flexibility index (Phi) is 5.60. The molecule has 6 nitrogen and oxygen atoms in total. The van der Waals surface area contributed by atoms with Crippen LogP contribution < -0.4 is 22.1 Å². The molecule has 1 atom stereocenters. The molecule has 0 radical (unpaired) electrons. The van der Waals surface area contributed by atoms with Gasteiger partial charge in [0.1, 0.15) is 11.6 Å². The standard InChI is InChI=1S/C20H26N6S/c1-11(2)14(9-21)8-18(22)26-19-6-5-16-17(25-19)7-15(10-23-16)20-12(3)24-13(4)27-20/h5-11,13,24H,21-22H2,1-4H3,(H,25,26)/b14-9+,18-8+. The van der Waals surface area contributed by atoms with Crippen LogP contribution in [0, 0.1) is 5.92 Å². The molecule has 0 aromatic carbocycles. The zero-order chi connectivity index (χ0) is 19.6. The summed E-state index contributed by atoms with van der Waals surface area (Å²) in [5.74, 6) is 1.47. The highest BCUT2D eigenvalue weighted by Crippen LogP contribution is 2.38. The number of allylic oxidation sites excluding steroid dienone is 3.